The molecule has 2 aromatic rings. The Kier molecular flexibility index (Phi) is 5.65. The molecule has 2 rings (SSSR count). The standard InChI is InChI=1S/C17H17ClN2O4/c1-10-4-5-12(13(18)6-10)17(22)20-19-9-11-7-14(23-2)16(21)15(8-11)24-3/h4-9,21H,1-3H3,(H,20,22)/b19-9-. The van der Waals surface area contributed by atoms with Crippen LogP contribution in [0, 0.1) is 6.92 Å². The van der Waals surface area contributed by atoms with Gasteiger partial charge in [0.25, 0.3) is 5.91 Å². The third kappa shape index (κ3) is 3.97. The highest BCUT2D eigenvalue weighted by molar-refractivity contribution is 6.33. The molecule has 7 heteroatoms. The second-order valence-corrected chi connectivity index (χ2v) is 5.36. The van der Waals surface area contributed by atoms with Gasteiger partial charge in [-0.05, 0) is 36.8 Å². The van der Waals surface area contributed by atoms with Crippen molar-refractivity contribution < 1.29 is 19.4 Å². The van der Waals surface area contributed by atoms with E-state index < -0.39 is 5.91 Å². The molecule has 0 aromatic heterocycles. The van der Waals surface area contributed by atoms with E-state index in [1.165, 1.54) is 20.4 Å². The van der Waals surface area contributed by atoms with Crippen molar-refractivity contribution in [3.05, 3.63) is 52.0 Å². The molecule has 0 atom stereocenters. The van der Waals surface area contributed by atoms with Gasteiger partial charge in [-0.25, -0.2) is 5.43 Å². The number of halogens is 1. The molecule has 0 saturated carbocycles. The number of aryl methyl sites for hydroxylation is 1. The summed E-state index contributed by atoms with van der Waals surface area (Å²) in [4.78, 5) is 12.1. The Morgan fingerprint density at radius 3 is 2.38 bits per heavy atom. The molecule has 0 bridgehead atoms. The first-order chi connectivity index (χ1) is 11.5. The van der Waals surface area contributed by atoms with Gasteiger partial charge in [-0.3, -0.25) is 4.79 Å². The lowest BCUT2D eigenvalue weighted by Gasteiger charge is -2.09. The average Bonchev–Trinajstić information content (AvgIpc) is 2.55. The molecule has 24 heavy (non-hydrogen) atoms. The number of carbonyl (C=O) groups excluding carboxylic acids is 1. The Labute approximate surface area is 144 Å². The fraction of sp³-hybridized carbons (Fsp3) is 0.176. The van der Waals surface area contributed by atoms with Gasteiger partial charge in [0, 0.05) is 5.56 Å². The van der Waals surface area contributed by atoms with E-state index in [0.717, 1.165) is 5.56 Å². The lowest BCUT2D eigenvalue weighted by Crippen LogP contribution is -2.18. The van der Waals surface area contributed by atoms with Gasteiger partial charge in [-0.1, -0.05) is 17.7 Å². The summed E-state index contributed by atoms with van der Waals surface area (Å²) >= 11 is 6.04. The van der Waals surface area contributed by atoms with Gasteiger partial charge in [-0.2, -0.15) is 5.10 Å². The fourth-order valence-electron chi connectivity index (χ4n) is 2.02. The number of carbonyl (C=O) groups is 1. The van der Waals surface area contributed by atoms with E-state index >= 15 is 0 Å². The van der Waals surface area contributed by atoms with Gasteiger partial charge in [0.05, 0.1) is 31.0 Å². The van der Waals surface area contributed by atoms with Crippen molar-refractivity contribution in [1.82, 2.24) is 5.43 Å². The smallest absolute Gasteiger partial charge is 0.272 e. The third-order valence-electron chi connectivity index (χ3n) is 3.25. The zero-order valence-corrected chi connectivity index (χ0v) is 14.2. The number of phenols is 1. The molecule has 0 radical (unpaired) electrons. The van der Waals surface area contributed by atoms with Crippen LogP contribution in [-0.4, -0.2) is 31.4 Å². The second-order valence-electron chi connectivity index (χ2n) is 4.96. The summed E-state index contributed by atoms with van der Waals surface area (Å²) in [6.07, 6.45) is 1.41. The van der Waals surface area contributed by atoms with Crippen molar-refractivity contribution in [1.29, 1.82) is 0 Å². The molecule has 0 aliphatic carbocycles. The van der Waals surface area contributed by atoms with E-state index in [2.05, 4.69) is 10.5 Å². The molecule has 126 valence electrons. The van der Waals surface area contributed by atoms with E-state index in [1.54, 1.807) is 30.3 Å². The number of methoxy groups -OCH3 is 2. The molecule has 0 aliphatic heterocycles. The largest absolute Gasteiger partial charge is 0.502 e. The Balaban J connectivity index is 2.15. The van der Waals surface area contributed by atoms with Crippen molar-refractivity contribution in [2.75, 3.05) is 14.2 Å². The van der Waals surface area contributed by atoms with E-state index in [0.29, 0.717) is 16.1 Å². The van der Waals surface area contributed by atoms with Crippen molar-refractivity contribution in [2.24, 2.45) is 5.10 Å². The maximum absolute atomic E-state index is 12.1. The number of nitrogens with zero attached hydrogens (tertiary/aromatic N) is 1. The molecule has 0 aliphatic rings. The van der Waals surface area contributed by atoms with Crippen molar-refractivity contribution in [3.63, 3.8) is 0 Å². The summed E-state index contributed by atoms with van der Waals surface area (Å²) in [6.45, 7) is 1.89. The number of hydrogen-bond donors (Lipinski definition) is 2. The molecule has 1 amide bonds. The second kappa shape index (κ2) is 7.70. The fourth-order valence-corrected chi connectivity index (χ4v) is 2.34. The first-order valence-corrected chi connectivity index (χ1v) is 7.38. The van der Waals surface area contributed by atoms with Crippen molar-refractivity contribution >= 4 is 23.7 Å². The SMILES string of the molecule is COc1cc(/C=N\NC(=O)c2ccc(C)cc2Cl)cc(OC)c1O. The maximum atomic E-state index is 12.1. The van der Waals surface area contributed by atoms with Gasteiger partial charge in [0.15, 0.2) is 11.5 Å². The summed E-state index contributed by atoms with van der Waals surface area (Å²) in [5.41, 5.74) is 4.27. The normalized spacial score (nSPS) is 10.7. The number of aromatic hydroxyl groups is 1. The van der Waals surface area contributed by atoms with Crippen LogP contribution in [-0.2, 0) is 0 Å². The van der Waals surface area contributed by atoms with Gasteiger partial charge < -0.3 is 14.6 Å². The van der Waals surface area contributed by atoms with Crippen LogP contribution in [0.15, 0.2) is 35.4 Å². The van der Waals surface area contributed by atoms with Gasteiger partial charge >= 0.3 is 0 Å². The minimum absolute atomic E-state index is 0.104. The quantitative estimate of drug-likeness (QED) is 0.642. The van der Waals surface area contributed by atoms with Crippen LogP contribution in [0.25, 0.3) is 0 Å². The predicted octanol–water partition coefficient (Wildman–Crippen LogP) is 3.14. The number of ether oxygens (including phenoxy) is 2. The topological polar surface area (TPSA) is 80.2 Å². The highest BCUT2D eigenvalue weighted by Crippen LogP contribution is 2.36. The van der Waals surface area contributed by atoms with Crippen LogP contribution in [0.5, 0.6) is 17.2 Å². The van der Waals surface area contributed by atoms with E-state index in [9.17, 15) is 9.90 Å². The van der Waals surface area contributed by atoms with E-state index in [-0.39, 0.29) is 17.2 Å². The van der Waals surface area contributed by atoms with Crippen molar-refractivity contribution in [3.8, 4) is 17.2 Å². The van der Waals surface area contributed by atoms with Gasteiger partial charge in [0.1, 0.15) is 0 Å². The Morgan fingerprint density at radius 1 is 1.21 bits per heavy atom. The van der Waals surface area contributed by atoms with Gasteiger partial charge in [-0.15, -0.1) is 0 Å². The summed E-state index contributed by atoms with van der Waals surface area (Å²) in [5, 5.41) is 14.1. The number of benzene rings is 2. The van der Waals surface area contributed by atoms with Gasteiger partial charge in [0.2, 0.25) is 5.75 Å². The number of amides is 1. The Hall–Kier alpha value is -2.73. The predicted molar refractivity (Wildman–Crippen MR) is 92.5 cm³/mol. The van der Waals surface area contributed by atoms with Crippen LogP contribution in [0.2, 0.25) is 5.02 Å². The third-order valence-corrected chi connectivity index (χ3v) is 3.56. The number of rotatable bonds is 5. The molecule has 0 spiro atoms. The molecule has 6 nitrogen and oxygen atoms in total. The molecular weight excluding hydrogens is 332 g/mol. The number of nitrogens with one attached hydrogen (secondary N) is 1. The summed E-state index contributed by atoms with van der Waals surface area (Å²) in [5.74, 6) is -0.0472. The maximum Gasteiger partial charge on any atom is 0.272 e. The van der Waals surface area contributed by atoms with Crippen LogP contribution in [0.4, 0.5) is 0 Å². The lowest BCUT2D eigenvalue weighted by atomic mass is 10.1. The Bertz CT molecular complexity index is 765. The Morgan fingerprint density at radius 2 is 1.83 bits per heavy atom. The van der Waals surface area contributed by atoms with Crippen LogP contribution in [0.1, 0.15) is 21.5 Å². The molecule has 2 aromatic carbocycles. The minimum atomic E-state index is -0.422. The van der Waals surface area contributed by atoms with E-state index in [4.69, 9.17) is 21.1 Å². The first kappa shape index (κ1) is 17.6. The molecule has 0 saturated heterocycles. The first-order valence-electron chi connectivity index (χ1n) is 7.00. The van der Waals surface area contributed by atoms with Crippen LogP contribution in [0.3, 0.4) is 0 Å². The van der Waals surface area contributed by atoms with Crippen molar-refractivity contribution in [2.45, 2.75) is 6.92 Å². The monoisotopic (exact) mass is 348 g/mol. The zero-order valence-electron chi connectivity index (χ0n) is 13.5. The molecular formula is C17H17ClN2O4. The van der Waals surface area contributed by atoms with E-state index in [1.807, 2.05) is 6.92 Å². The lowest BCUT2D eigenvalue weighted by molar-refractivity contribution is 0.0955. The zero-order chi connectivity index (χ0) is 17.7. The molecule has 0 unspecified atom stereocenters. The highest BCUT2D eigenvalue weighted by Gasteiger charge is 2.11. The highest BCUT2D eigenvalue weighted by atomic mass is 35.5. The average molecular weight is 349 g/mol. The van der Waals surface area contributed by atoms with Crippen LogP contribution >= 0.6 is 11.6 Å². The summed E-state index contributed by atoms with van der Waals surface area (Å²) in [6, 6.07) is 8.25. The number of hydrazone groups is 1. The molecule has 0 heterocycles. The minimum Gasteiger partial charge on any atom is -0.502 e. The molecule has 0 fully saturated rings. The molecule has 2 N–H and O–H groups in total. The summed E-state index contributed by atoms with van der Waals surface area (Å²) < 4.78 is 10.1. The number of hydrogen-bond acceptors (Lipinski definition) is 5. The number of phenolic OH excluding ortho intramolecular Hbond substituents is 1. The summed E-state index contributed by atoms with van der Waals surface area (Å²) in [7, 11) is 2.85. The van der Waals surface area contributed by atoms with Crippen LogP contribution < -0.4 is 14.9 Å².